The van der Waals surface area contributed by atoms with Gasteiger partial charge < -0.3 is 0 Å². The second-order valence-corrected chi connectivity index (χ2v) is 8.18. The number of carbonyl (C=O) groups is 2. The molecule has 1 heterocycles. The van der Waals surface area contributed by atoms with Crippen LogP contribution in [0.4, 0.5) is 4.39 Å². The largest absolute Gasteiger partial charge is 0.273 e. The molecule has 0 radical (unpaired) electrons. The van der Waals surface area contributed by atoms with Crippen LogP contribution >= 0.6 is 15.9 Å². The molecular weight excluding hydrogens is 379 g/mol. The number of benzene rings is 1. The molecule has 2 N–H and O–H groups in total. The van der Waals surface area contributed by atoms with Gasteiger partial charge in [-0.1, -0.05) is 0 Å². The van der Waals surface area contributed by atoms with Crippen molar-refractivity contribution in [3.63, 3.8) is 0 Å². The Morgan fingerprint density at radius 2 is 2.05 bits per heavy atom. The van der Waals surface area contributed by atoms with Gasteiger partial charge in [0.15, 0.2) is 9.84 Å². The fourth-order valence-electron chi connectivity index (χ4n) is 2.21. The van der Waals surface area contributed by atoms with Gasteiger partial charge in [0.25, 0.3) is 5.91 Å². The average molecular weight is 393 g/mol. The first-order valence-electron chi connectivity index (χ1n) is 6.51. The highest BCUT2D eigenvalue weighted by atomic mass is 79.9. The average Bonchev–Trinajstić information content (AvgIpc) is 2.78. The van der Waals surface area contributed by atoms with Crippen LogP contribution in [0.25, 0.3) is 0 Å². The molecule has 2 amide bonds. The molecule has 1 fully saturated rings. The van der Waals surface area contributed by atoms with Crippen molar-refractivity contribution in [1.29, 1.82) is 0 Å². The lowest BCUT2D eigenvalue weighted by Gasteiger charge is -2.10. The van der Waals surface area contributed by atoms with Crippen LogP contribution in [0.3, 0.4) is 0 Å². The van der Waals surface area contributed by atoms with Gasteiger partial charge in [-0.15, -0.1) is 0 Å². The zero-order valence-electron chi connectivity index (χ0n) is 11.4. The van der Waals surface area contributed by atoms with Crippen molar-refractivity contribution in [3.05, 3.63) is 34.1 Å². The van der Waals surface area contributed by atoms with Crippen LogP contribution in [0, 0.1) is 11.7 Å². The monoisotopic (exact) mass is 392 g/mol. The molecule has 120 valence electrons. The predicted octanol–water partition coefficient (Wildman–Crippen LogP) is 1.17. The van der Waals surface area contributed by atoms with Gasteiger partial charge in [-0.3, -0.25) is 20.4 Å². The molecule has 9 heteroatoms. The van der Waals surface area contributed by atoms with Crippen molar-refractivity contribution >= 4 is 37.6 Å². The van der Waals surface area contributed by atoms with Gasteiger partial charge in [0.05, 0.1) is 17.1 Å². The van der Waals surface area contributed by atoms with Crippen molar-refractivity contribution in [2.75, 3.05) is 11.5 Å². The van der Waals surface area contributed by atoms with Crippen molar-refractivity contribution in [3.8, 4) is 0 Å². The zero-order valence-corrected chi connectivity index (χ0v) is 13.8. The number of carbonyl (C=O) groups excluding carboxylic acids is 2. The highest BCUT2D eigenvalue weighted by Gasteiger charge is 2.29. The summed E-state index contributed by atoms with van der Waals surface area (Å²) in [7, 11) is -3.04. The van der Waals surface area contributed by atoms with Gasteiger partial charge >= 0.3 is 0 Å². The first-order chi connectivity index (χ1) is 10.3. The van der Waals surface area contributed by atoms with Gasteiger partial charge in [-0.2, -0.15) is 0 Å². The molecule has 1 saturated heterocycles. The highest BCUT2D eigenvalue weighted by molar-refractivity contribution is 9.10. The Kier molecular flexibility index (Phi) is 5.17. The van der Waals surface area contributed by atoms with Crippen LogP contribution in [0.2, 0.25) is 0 Å². The summed E-state index contributed by atoms with van der Waals surface area (Å²) >= 11 is 3.11. The Hall–Kier alpha value is -1.48. The minimum Gasteiger partial charge on any atom is -0.273 e. The van der Waals surface area contributed by atoms with Crippen molar-refractivity contribution in [2.45, 2.75) is 12.8 Å². The molecule has 22 heavy (non-hydrogen) atoms. The quantitative estimate of drug-likeness (QED) is 0.755. The molecule has 2 rings (SSSR count). The summed E-state index contributed by atoms with van der Waals surface area (Å²) in [4.78, 5) is 23.5. The number of halogens is 2. The van der Waals surface area contributed by atoms with Crippen LogP contribution in [0.1, 0.15) is 23.2 Å². The molecule has 6 nitrogen and oxygen atoms in total. The lowest BCUT2D eigenvalue weighted by Crippen LogP contribution is -2.42. The number of nitrogens with one attached hydrogen (secondary N) is 2. The fourth-order valence-corrected chi connectivity index (χ4v) is 4.50. The van der Waals surface area contributed by atoms with E-state index in [0.717, 1.165) is 6.07 Å². The summed E-state index contributed by atoms with van der Waals surface area (Å²) in [6.45, 7) is 0. The maximum Gasteiger partial charge on any atom is 0.270 e. The summed E-state index contributed by atoms with van der Waals surface area (Å²) in [5, 5.41) is 0. The molecule has 1 aliphatic heterocycles. The third-order valence-electron chi connectivity index (χ3n) is 3.29. The lowest BCUT2D eigenvalue weighted by molar-refractivity contribution is -0.122. The van der Waals surface area contributed by atoms with Crippen LogP contribution in [0.5, 0.6) is 0 Å². The van der Waals surface area contributed by atoms with Gasteiger partial charge in [0.1, 0.15) is 5.82 Å². The van der Waals surface area contributed by atoms with Gasteiger partial charge in [0, 0.05) is 10.9 Å². The predicted molar refractivity (Wildman–Crippen MR) is 81.1 cm³/mol. The van der Waals surface area contributed by atoms with E-state index in [-0.39, 0.29) is 29.4 Å². The van der Waals surface area contributed by atoms with Crippen molar-refractivity contribution in [1.82, 2.24) is 10.9 Å². The van der Waals surface area contributed by atoms with Crippen LogP contribution in [-0.4, -0.2) is 31.7 Å². The maximum absolute atomic E-state index is 13.1. The SMILES string of the molecule is O=C(C[C@H]1CCS(=O)(=O)C1)NNC(=O)c1cc(F)ccc1Br. The summed E-state index contributed by atoms with van der Waals surface area (Å²) in [5.74, 6) is -1.88. The summed E-state index contributed by atoms with van der Waals surface area (Å²) < 4.78 is 36.1. The number of hydrazine groups is 1. The molecule has 1 aromatic rings. The minimum absolute atomic E-state index is 0.0101. The van der Waals surface area contributed by atoms with E-state index < -0.39 is 27.5 Å². The fraction of sp³-hybridized carbons (Fsp3) is 0.385. The van der Waals surface area contributed by atoms with Crippen LogP contribution in [-0.2, 0) is 14.6 Å². The summed E-state index contributed by atoms with van der Waals surface area (Å²) in [5.41, 5.74) is 4.43. The molecule has 0 unspecified atom stereocenters. The standard InChI is InChI=1S/C13H14BrFN2O4S/c14-11-2-1-9(15)6-10(11)13(19)17-16-12(18)5-8-3-4-22(20,21)7-8/h1-2,6,8H,3-5,7H2,(H,16,18)(H,17,19)/t8-/m1/s1. The second-order valence-electron chi connectivity index (χ2n) is 5.10. The Balaban J connectivity index is 1.86. The molecule has 0 aliphatic carbocycles. The Morgan fingerprint density at radius 1 is 1.32 bits per heavy atom. The molecule has 0 bridgehead atoms. The smallest absolute Gasteiger partial charge is 0.270 e. The molecule has 0 spiro atoms. The van der Waals surface area contributed by atoms with E-state index in [2.05, 4.69) is 26.8 Å². The molecule has 0 saturated carbocycles. The third-order valence-corrected chi connectivity index (χ3v) is 5.82. The molecule has 1 aliphatic rings. The van der Waals surface area contributed by atoms with Crippen LogP contribution in [0.15, 0.2) is 22.7 Å². The molecule has 1 aromatic carbocycles. The summed E-state index contributed by atoms with van der Waals surface area (Å²) in [6, 6.07) is 3.62. The van der Waals surface area contributed by atoms with Gasteiger partial charge in [-0.25, -0.2) is 12.8 Å². The normalized spacial score (nSPS) is 19.6. The minimum atomic E-state index is -3.04. The van der Waals surface area contributed by atoms with Gasteiger partial charge in [0.2, 0.25) is 5.91 Å². The van der Waals surface area contributed by atoms with E-state index in [1.165, 1.54) is 12.1 Å². The number of sulfone groups is 1. The third kappa shape index (κ3) is 4.51. The van der Waals surface area contributed by atoms with Crippen molar-refractivity contribution < 1.29 is 22.4 Å². The Labute approximate surface area is 135 Å². The van der Waals surface area contributed by atoms with Crippen molar-refractivity contribution in [2.24, 2.45) is 5.92 Å². The first-order valence-corrected chi connectivity index (χ1v) is 9.13. The van der Waals surface area contributed by atoms with E-state index >= 15 is 0 Å². The topological polar surface area (TPSA) is 92.3 Å². The Morgan fingerprint density at radius 3 is 2.68 bits per heavy atom. The number of hydrogen-bond donors (Lipinski definition) is 2. The lowest BCUT2D eigenvalue weighted by atomic mass is 10.1. The molecule has 1 atom stereocenters. The number of hydrogen-bond acceptors (Lipinski definition) is 4. The summed E-state index contributed by atoms with van der Waals surface area (Å²) in [6.07, 6.45) is 0.461. The van der Waals surface area contributed by atoms with Gasteiger partial charge in [-0.05, 0) is 46.5 Å². The number of amides is 2. The van der Waals surface area contributed by atoms with E-state index in [0.29, 0.717) is 10.9 Å². The molecule has 0 aromatic heterocycles. The van der Waals surface area contributed by atoms with E-state index in [1.54, 1.807) is 0 Å². The van der Waals surface area contributed by atoms with E-state index in [4.69, 9.17) is 0 Å². The number of rotatable bonds is 3. The van der Waals surface area contributed by atoms with Crippen LogP contribution < -0.4 is 10.9 Å². The van der Waals surface area contributed by atoms with E-state index in [9.17, 15) is 22.4 Å². The molecular formula is C13H14BrFN2O4S. The second kappa shape index (κ2) is 6.74. The highest BCUT2D eigenvalue weighted by Crippen LogP contribution is 2.21. The Bertz CT molecular complexity index is 708. The van der Waals surface area contributed by atoms with E-state index in [1.807, 2.05) is 0 Å². The zero-order chi connectivity index (χ0) is 16.3. The maximum atomic E-state index is 13.1. The first kappa shape index (κ1) is 16.9.